The fourth-order valence-corrected chi connectivity index (χ4v) is 2.80. The first-order valence-electron chi connectivity index (χ1n) is 7.76. The van der Waals surface area contributed by atoms with E-state index in [0.29, 0.717) is 11.3 Å². The third-order valence-corrected chi connectivity index (χ3v) is 4.24. The topological polar surface area (TPSA) is 76.7 Å². The van der Waals surface area contributed by atoms with Gasteiger partial charge in [-0.05, 0) is 6.07 Å². The number of aryl methyl sites for hydroxylation is 1. The summed E-state index contributed by atoms with van der Waals surface area (Å²) in [6.45, 7) is 5.91. The molecule has 6 nitrogen and oxygen atoms in total. The zero-order chi connectivity index (χ0) is 17.4. The highest BCUT2D eigenvalue weighted by Crippen LogP contribution is 2.43. The predicted molar refractivity (Wildman–Crippen MR) is 90.9 cm³/mol. The molecule has 3 heterocycles. The van der Waals surface area contributed by atoms with Gasteiger partial charge in [-0.3, -0.25) is 9.67 Å². The van der Waals surface area contributed by atoms with Crippen molar-refractivity contribution in [3.05, 3.63) is 60.7 Å². The summed E-state index contributed by atoms with van der Waals surface area (Å²) in [5, 5.41) is 15.7. The summed E-state index contributed by atoms with van der Waals surface area (Å²) < 4.78 is 1.75. The third kappa shape index (κ3) is 2.69. The maximum absolute atomic E-state index is 11.5. The van der Waals surface area contributed by atoms with Gasteiger partial charge in [0.2, 0.25) is 0 Å². The first-order valence-corrected chi connectivity index (χ1v) is 7.76. The lowest BCUT2D eigenvalue weighted by Crippen LogP contribution is -2.42. The molecule has 3 aromatic heterocycles. The van der Waals surface area contributed by atoms with Gasteiger partial charge in [-0.1, -0.05) is 26.8 Å². The van der Waals surface area contributed by atoms with Gasteiger partial charge >= 0.3 is 0 Å². The van der Waals surface area contributed by atoms with Crippen LogP contribution in [0.3, 0.4) is 0 Å². The van der Waals surface area contributed by atoms with Gasteiger partial charge in [-0.2, -0.15) is 5.10 Å². The van der Waals surface area contributed by atoms with Gasteiger partial charge in [-0.15, -0.1) is 0 Å². The lowest BCUT2D eigenvalue weighted by molar-refractivity contribution is -0.0301. The molecular weight excluding hydrogens is 302 g/mol. The molecule has 0 aliphatic heterocycles. The second-order valence-electron chi connectivity index (χ2n) is 6.92. The molecule has 1 atom stereocenters. The third-order valence-electron chi connectivity index (χ3n) is 4.24. The molecule has 0 amide bonds. The van der Waals surface area contributed by atoms with E-state index in [2.05, 4.69) is 20.1 Å². The minimum Gasteiger partial charge on any atom is -0.378 e. The number of hydrogen-bond acceptors (Lipinski definition) is 5. The van der Waals surface area contributed by atoms with Gasteiger partial charge in [0.25, 0.3) is 0 Å². The van der Waals surface area contributed by atoms with E-state index in [1.165, 1.54) is 6.33 Å². The van der Waals surface area contributed by atoms with E-state index in [1.807, 2.05) is 46.1 Å². The van der Waals surface area contributed by atoms with Gasteiger partial charge in [0.1, 0.15) is 11.9 Å². The Morgan fingerprint density at radius 1 is 0.958 bits per heavy atom. The molecule has 0 aliphatic carbocycles. The molecule has 124 valence electrons. The quantitative estimate of drug-likeness (QED) is 0.801. The fraction of sp³-hybridized carbons (Fsp3) is 0.333. The highest BCUT2D eigenvalue weighted by molar-refractivity contribution is 5.60. The second kappa shape index (κ2) is 5.79. The first-order chi connectivity index (χ1) is 11.3. The summed E-state index contributed by atoms with van der Waals surface area (Å²) in [6, 6.07) is 3.79. The smallest absolute Gasteiger partial charge is 0.139 e. The van der Waals surface area contributed by atoms with Crippen LogP contribution in [-0.2, 0) is 12.6 Å². The Morgan fingerprint density at radius 3 is 2.17 bits per heavy atom. The van der Waals surface area contributed by atoms with E-state index in [1.54, 1.807) is 29.5 Å². The summed E-state index contributed by atoms with van der Waals surface area (Å²) in [5.74, 6) is 0. The molecular formula is C18H21N5O. The minimum atomic E-state index is -1.29. The molecule has 1 N–H and O–H groups in total. The summed E-state index contributed by atoms with van der Waals surface area (Å²) in [6.07, 6.45) is 10.2. The summed E-state index contributed by atoms with van der Waals surface area (Å²) in [4.78, 5) is 12.6. The van der Waals surface area contributed by atoms with Crippen molar-refractivity contribution in [2.24, 2.45) is 12.5 Å². The van der Waals surface area contributed by atoms with Crippen LogP contribution in [0.4, 0.5) is 0 Å². The zero-order valence-electron chi connectivity index (χ0n) is 14.3. The van der Waals surface area contributed by atoms with Crippen molar-refractivity contribution in [2.75, 3.05) is 0 Å². The van der Waals surface area contributed by atoms with E-state index in [9.17, 15) is 5.11 Å². The summed E-state index contributed by atoms with van der Waals surface area (Å²) in [5.41, 5.74) is 1.35. The monoisotopic (exact) mass is 323 g/mol. The highest BCUT2D eigenvalue weighted by Gasteiger charge is 2.45. The largest absolute Gasteiger partial charge is 0.378 e. The van der Waals surface area contributed by atoms with Crippen LogP contribution in [0.1, 0.15) is 32.0 Å². The Kier molecular flexibility index (Phi) is 3.93. The first kappa shape index (κ1) is 16.3. The van der Waals surface area contributed by atoms with Crippen molar-refractivity contribution >= 4 is 0 Å². The maximum atomic E-state index is 11.5. The van der Waals surface area contributed by atoms with Gasteiger partial charge in [-0.25, -0.2) is 9.97 Å². The number of rotatable bonds is 3. The van der Waals surface area contributed by atoms with Crippen molar-refractivity contribution in [1.29, 1.82) is 0 Å². The molecule has 3 aromatic rings. The molecule has 0 fully saturated rings. The predicted octanol–water partition coefficient (Wildman–Crippen LogP) is 2.55. The maximum Gasteiger partial charge on any atom is 0.139 e. The van der Waals surface area contributed by atoms with Gasteiger partial charge in [0.05, 0.1) is 11.9 Å². The van der Waals surface area contributed by atoms with Crippen LogP contribution in [-0.4, -0.2) is 29.8 Å². The molecule has 0 saturated heterocycles. The number of aliphatic hydroxyl groups is 1. The lowest BCUT2D eigenvalue weighted by Gasteiger charge is -2.39. The van der Waals surface area contributed by atoms with Gasteiger partial charge in [0, 0.05) is 53.9 Å². The Morgan fingerprint density at radius 2 is 1.67 bits per heavy atom. The van der Waals surface area contributed by atoms with E-state index in [4.69, 9.17) is 0 Å². The SMILES string of the molecule is Cn1cc(-c2ccc(C(O)(c3cncnc3)C(C)(C)C)nc2)cn1. The average molecular weight is 323 g/mol. The molecule has 0 aromatic carbocycles. The van der Waals surface area contributed by atoms with Crippen LogP contribution < -0.4 is 0 Å². The molecule has 3 rings (SSSR count). The molecule has 24 heavy (non-hydrogen) atoms. The molecule has 0 spiro atoms. The number of nitrogens with zero attached hydrogens (tertiary/aromatic N) is 5. The Bertz CT molecular complexity index is 821. The van der Waals surface area contributed by atoms with Crippen LogP contribution in [0.5, 0.6) is 0 Å². The van der Waals surface area contributed by atoms with Crippen molar-refractivity contribution in [3.63, 3.8) is 0 Å². The second-order valence-corrected chi connectivity index (χ2v) is 6.92. The van der Waals surface area contributed by atoms with E-state index in [0.717, 1.165) is 11.1 Å². The number of aromatic nitrogens is 5. The molecule has 0 saturated carbocycles. The van der Waals surface area contributed by atoms with E-state index < -0.39 is 11.0 Å². The Labute approximate surface area is 141 Å². The minimum absolute atomic E-state index is 0.486. The van der Waals surface area contributed by atoms with E-state index >= 15 is 0 Å². The average Bonchev–Trinajstić information content (AvgIpc) is 3.00. The van der Waals surface area contributed by atoms with Gasteiger partial charge in [0.15, 0.2) is 0 Å². The van der Waals surface area contributed by atoms with Crippen LogP contribution in [0, 0.1) is 5.41 Å². The normalized spacial score (nSPS) is 14.4. The summed E-state index contributed by atoms with van der Waals surface area (Å²) >= 11 is 0. The zero-order valence-corrected chi connectivity index (χ0v) is 14.3. The summed E-state index contributed by atoms with van der Waals surface area (Å²) in [7, 11) is 1.87. The molecule has 0 aliphatic rings. The van der Waals surface area contributed by atoms with Crippen molar-refractivity contribution in [3.8, 4) is 11.1 Å². The van der Waals surface area contributed by atoms with Crippen LogP contribution in [0.25, 0.3) is 11.1 Å². The van der Waals surface area contributed by atoms with Gasteiger partial charge < -0.3 is 5.11 Å². The van der Waals surface area contributed by atoms with Crippen molar-refractivity contribution < 1.29 is 5.11 Å². The van der Waals surface area contributed by atoms with Crippen LogP contribution in [0.15, 0.2) is 49.4 Å². The van der Waals surface area contributed by atoms with Crippen molar-refractivity contribution in [2.45, 2.75) is 26.4 Å². The molecule has 1 unspecified atom stereocenters. The Balaban J connectivity index is 2.06. The van der Waals surface area contributed by atoms with Crippen LogP contribution in [0.2, 0.25) is 0 Å². The highest BCUT2D eigenvalue weighted by atomic mass is 16.3. The van der Waals surface area contributed by atoms with E-state index in [-0.39, 0.29) is 0 Å². The standard InChI is InChI=1S/C18H21N5O/c1-17(2,3)18(24,15-9-19-12-20-10-15)16-6-5-13(7-21-16)14-8-22-23(4)11-14/h5-12,24H,1-4H3. The number of hydrogen-bond donors (Lipinski definition) is 1. The Hall–Kier alpha value is -2.60. The number of pyridine rings is 1. The lowest BCUT2D eigenvalue weighted by atomic mass is 9.71. The molecule has 0 radical (unpaired) electrons. The fourth-order valence-electron chi connectivity index (χ4n) is 2.80. The molecule has 6 heteroatoms. The molecule has 0 bridgehead atoms. The van der Waals surface area contributed by atoms with Crippen molar-refractivity contribution in [1.82, 2.24) is 24.7 Å². The van der Waals surface area contributed by atoms with Crippen LogP contribution >= 0.6 is 0 Å².